The number of benzene rings is 1. The van der Waals surface area contributed by atoms with Crippen molar-refractivity contribution >= 4 is 0 Å². The van der Waals surface area contributed by atoms with Crippen LogP contribution < -0.4 is 5.32 Å². The molecule has 1 atom stereocenters. The second-order valence-electron chi connectivity index (χ2n) is 5.59. The smallest absolute Gasteiger partial charge is 0.123 e. The number of hydrogen-bond acceptors (Lipinski definition) is 4. The molecule has 0 spiro atoms. The van der Waals surface area contributed by atoms with E-state index in [1.807, 2.05) is 13.0 Å². The van der Waals surface area contributed by atoms with Gasteiger partial charge in [0.2, 0.25) is 0 Å². The molecular weight excluding hydrogens is 271 g/mol. The van der Waals surface area contributed by atoms with Gasteiger partial charge in [-0.1, -0.05) is 6.07 Å². The molecule has 1 unspecified atom stereocenters. The normalized spacial score (nSPS) is 17.9. The van der Waals surface area contributed by atoms with Crippen LogP contribution in [0.1, 0.15) is 11.1 Å². The molecule has 2 N–H and O–H groups in total. The van der Waals surface area contributed by atoms with E-state index >= 15 is 0 Å². The first-order valence-electron chi connectivity index (χ1n) is 7.59. The fourth-order valence-corrected chi connectivity index (χ4v) is 2.58. The minimum Gasteiger partial charge on any atom is -0.390 e. The van der Waals surface area contributed by atoms with Gasteiger partial charge in [0.1, 0.15) is 5.82 Å². The molecule has 0 saturated carbocycles. The molecule has 1 fully saturated rings. The summed E-state index contributed by atoms with van der Waals surface area (Å²) in [6, 6.07) is 4.88. The molecule has 0 radical (unpaired) electrons. The topological polar surface area (TPSA) is 44.7 Å². The number of nitrogens with zero attached hydrogens (tertiary/aromatic N) is 1. The summed E-state index contributed by atoms with van der Waals surface area (Å²) in [6.45, 7) is 7.27. The standard InChI is InChI=1S/C16H25FN2O2/c1-13-10-15(17)3-2-14(13)4-5-18-11-16(20)12-19-6-8-21-9-7-19/h2-3,10,16,18,20H,4-9,11-12H2,1H3. The van der Waals surface area contributed by atoms with E-state index in [2.05, 4.69) is 10.2 Å². The summed E-state index contributed by atoms with van der Waals surface area (Å²) in [4.78, 5) is 2.22. The second-order valence-corrected chi connectivity index (χ2v) is 5.59. The van der Waals surface area contributed by atoms with E-state index in [1.165, 1.54) is 6.07 Å². The summed E-state index contributed by atoms with van der Waals surface area (Å²) in [5.41, 5.74) is 2.12. The van der Waals surface area contributed by atoms with E-state index in [0.717, 1.165) is 50.4 Å². The minimum atomic E-state index is -0.364. The van der Waals surface area contributed by atoms with E-state index in [0.29, 0.717) is 13.1 Å². The highest BCUT2D eigenvalue weighted by Crippen LogP contribution is 2.10. The molecule has 1 aromatic rings. The first kappa shape index (κ1) is 16.4. The van der Waals surface area contributed by atoms with Crippen molar-refractivity contribution in [2.24, 2.45) is 0 Å². The predicted octanol–water partition coefficient (Wildman–Crippen LogP) is 0.959. The van der Waals surface area contributed by atoms with Crippen molar-refractivity contribution in [1.82, 2.24) is 10.2 Å². The van der Waals surface area contributed by atoms with Gasteiger partial charge in [-0.05, 0) is 43.1 Å². The van der Waals surface area contributed by atoms with Gasteiger partial charge in [-0.2, -0.15) is 0 Å². The number of aliphatic hydroxyl groups is 1. The molecule has 1 aliphatic rings. The largest absolute Gasteiger partial charge is 0.390 e. The van der Waals surface area contributed by atoms with Crippen LogP contribution in [0.4, 0.5) is 4.39 Å². The first-order valence-corrected chi connectivity index (χ1v) is 7.59. The van der Waals surface area contributed by atoms with Gasteiger partial charge in [0.15, 0.2) is 0 Å². The maximum atomic E-state index is 13.0. The highest BCUT2D eigenvalue weighted by Gasteiger charge is 2.14. The molecule has 21 heavy (non-hydrogen) atoms. The third kappa shape index (κ3) is 5.71. The zero-order valence-corrected chi connectivity index (χ0v) is 12.6. The second kappa shape index (κ2) is 8.44. The highest BCUT2D eigenvalue weighted by molar-refractivity contribution is 5.26. The van der Waals surface area contributed by atoms with Crippen LogP contribution in [0.2, 0.25) is 0 Å². The van der Waals surface area contributed by atoms with Crippen molar-refractivity contribution in [2.45, 2.75) is 19.4 Å². The van der Waals surface area contributed by atoms with Crippen LogP contribution in [0, 0.1) is 12.7 Å². The monoisotopic (exact) mass is 296 g/mol. The highest BCUT2D eigenvalue weighted by atomic mass is 19.1. The minimum absolute atomic E-state index is 0.190. The van der Waals surface area contributed by atoms with Gasteiger partial charge in [0, 0.05) is 26.2 Å². The zero-order valence-electron chi connectivity index (χ0n) is 12.6. The number of nitrogens with one attached hydrogen (secondary N) is 1. The SMILES string of the molecule is Cc1cc(F)ccc1CCNCC(O)CN1CCOCC1. The Labute approximate surface area is 125 Å². The lowest BCUT2D eigenvalue weighted by Crippen LogP contribution is -2.43. The molecule has 0 bridgehead atoms. The summed E-state index contributed by atoms with van der Waals surface area (Å²) in [6.07, 6.45) is 0.480. The van der Waals surface area contributed by atoms with Crippen molar-refractivity contribution in [2.75, 3.05) is 45.9 Å². The van der Waals surface area contributed by atoms with Gasteiger partial charge >= 0.3 is 0 Å². The number of hydrogen-bond donors (Lipinski definition) is 2. The van der Waals surface area contributed by atoms with Crippen molar-refractivity contribution in [3.8, 4) is 0 Å². The Morgan fingerprint density at radius 3 is 2.86 bits per heavy atom. The van der Waals surface area contributed by atoms with Crippen LogP contribution >= 0.6 is 0 Å². The number of morpholine rings is 1. The van der Waals surface area contributed by atoms with Gasteiger partial charge in [0.25, 0.3) is 0 Å². The molecule has 0 aromatic heterocycles. The van der Waals surface area contributed by atoms with Crippen LogP contribution in [0.5, 0.6) is 0 Å². The van der Waals surface area contributed by atoms with Gasteiger partial charge in [-0.15, -0.1) is 0 Å². The quantitative estimate of drug-likeness (QED) is 0.736. The van der Waals surface area contributed by atoms with Gasteiger partial charge in [-0.25, -0.2) is 4.39 Å². The summed E-state index contributed by atoms with van der Waals surface area (Å²) >= 11 is 0. The van der Waals surface area contributed by atoms with Crippen molar-refractivity contribution < 1.29 is 14.2 Å². The number of halogens is 1. The molecule has 4 nitrogen and oxygen atoms in total. The zero-order chi connectivity index (χ0) is 15.1. The van der Waals surface area contributed by atoms with E-state index in [1.54, 1.807) is 6.07 Å². The van der Waals surface area contributed by atoms with Crippen molar-refractivity contribution in [3.63, 3.8) is 0 Å². The lowest BCUT2D eigenvalue weighted by Gasteiger charge is -2.28. The third-order valence-corrected chi connectivity index (χ3v) is 3.83. The molecule has 0 aliphatic carbocycles. The Morgan fingerprint density at radius 2 is 2.14 bits per heavy atom. The van der Waals surface area contributed by atoms with Gasteiger partial charge < -0.3 is 15.2 Å². The van der Waals surface area contributed by atoms with E-state index in [-0.39, 0.29) is 11.9 Å². The number of rotatable bonds is 7. The Hall–Kier alpha value is -1.01. The molecule has 1 saturated heterocycles. The lowest BCUT2D eigenvalue weighted by molar-refractivity contribution is 0.0150. The molecule has 118 valence electrons. The lowest BCUT2D eigenvalue weighted by atomic mass is 10.1. The molecule has 2 rings (SSSR count). The van der Waals surface area contributed by atoms with Crippen molar-refractivity contribution in [3.05, 3.63) is 35.1 Å². The van der Waals surface area contributed by atoms with E-state index in [9.17, 15) is 9.50 Å². The fraction of sp³-hybridized carbons (Fsp3) is 0.625. The number of ether oxygens (including phenoxy) is 1. The Kier molecular flexibility index (Phi) is 6.57. The first-order chi connectivity index (χ1) is 10.1. The van der Waals surface area contributed by atoms with Crippen LogP contribution in [-0.2, 0) is 11.2 Å². The fourth-order valence-electron chi connectivity index (χ4n) is 2.58. The predicted molar refractivity (Wildman–Crippen MR) is 81.0 cm³/mol. The maximum absolute atomic E-state index is 13.0. The molecule has 1 aliphatic heterocycles. The van der Waals surface area contributed by atoms with Gasteiger partial charge in [0.05, 0.1) is 19.3 Å². The Morgan fingerprint density at radius 1 is 1.38 bits per heavy atom. The van der Waals surface area contributed by atoms with E-state index < -0.39 is 0 Å². The number of aliphatic hydroxyl groups excluding tert-OH is 1. The molecule has 1 aromatic carbocycles. The average Bonchev–Trinajstić information content (AvgIpc) is 2.46. The Bertz CT molecular complexity index is 436. The maximum Gasteiger partial charge on any atom is 0.123 e. The third-order valence-electron chi connectivity index (χ3n) is 3.83. The van der Waals surface area contributed by atoms with Crippen LogP contribution in [0.3, 0.4) is 0 Å². The summed E-state index contributed by atoms with van der Waals surface area (Å²) < 4.78 is 18.3. The summed E-state index contributed by atoms with van der Waals surface area (Å²) in [5, 5.41) is 13.3. The summed E-state index contributed by atoms with van der Waals surface area (Å²) in [5.74, 6) is -0.190. The summed E-state index contributed by atoms with van der Waals surface area (Å²) in [7, 11) is 0. The Balaban J connectivity index is 1.62. The van der Waals surface area contributed by atoms with Crippen LogP contribution in [-0.4, -0.2) is 62.0 Å². The molecular formula is C16H25FN2O2. The van der Waals surface area contributed by atoms with Gasteiger partial charge in [-0.3, -0.25) is 4.90 Å². The number of β-amino-alcohol motifs (C(OH)–C–C–N with tert-alkyl or cyclic N) is 1. The number of aryl methyl sites for hydroxylation is 1. The molecule has 5 heteroatoms. The van der Waals surface area contributed by atoms with E-state index in [4.69, 9.17) is 4.74 Å². The average molecular weight is 296 g/mol. The van der Waals surface area contributed by atoms with Crippen LogP contribution in [0.15, 0.2) is 18.2 Å². The molecule has 0 amide bonds. The molecule has 1 heterocycles. The van der Waals surface area contributed by atoms with Crippen molar-refractivity contribution in [1.29, 1.82) is 0 Å². The van der Waals surface area contributed by atoms with Crippen LogP contribution in [0.25, 0.3) is 0 Å².